The number of nitrogens with zero attached hydrogens (tertiary/aromatic N) is 3. The molecule has 0 radical (unpaired) electrons. The third-order valence-electron chi connectivity index (χ3n) is 2.95. The molecule has 0 aromatic carbocycles. The Hall–Kier alpha value is -1.52. The van der Waals surface area contributed by atoms with Crippen molar-refractivity contribution in [1.29, 1.82) is 0 Å². The lowest BCUT2D eigenvalue weighted by atomic mass is 10.3. The Morgan fingerprint density at radius 2 is 2.19 bits per heavy atom. The molecule has 1 fully saturated rings. The number of carbonyl (C=O) groups excluding carboxylic acids is 1. The third kappa shape index (κ3) is 2.18. The Bertz CT molecular complexity index is 368. The summed E-state index contributed by atoms with van der Waals surface area (Å²) >= 11 is 0. The Kier molecular flexibility index (Phi) is 3.12. The monoisotopic (exact) mass is 222 g/mol. The van der Waals surface area contributed by atoms with E-state index in [4.69, 9.17) is 0 Å². The number of amides is 1. The number of carbonyl (C=O) groups is 1. The Morgan fingerprint density at radius 1 is 1.50 bits per heavy atom. The highest BCUT2D eigenvalue weighted by Gasteiger charge is 2.23. The SMILES string of the molecule is CC(Nc1nccn1C)C(=O)N1CCCC1. The molecule has 1 atom stereocenters. The van der Waals surface area contributed by atoms with Gasteiger partial charge in [0.05, 0.1) is 0 Å². The predicted molar refractivity (Wildman–Crippen MR) is 62.1 cm³/mol. The second-order valence-corrected chi connectivity index (χ2v) is 4.26. The summed E-state index contributed by atoms with van der Waals surface area (Å²) in [5, 5.41) is 3.13. The van der Waals surface area contributed by atoms with Gasteiger partial charge in [0.2, 0.25) is 11.9 Å². The summed E-state index contributed by atoms with van der Waals surface area (Å²) in [5.41, 5.74) is 0. The summed E-state index contributed by atoms with van der Waals surface area (Å²) in [6, 6.07) is -0.209. The van der Waals surface area contributed by atoms with Crippen molar-refractivity contribution in [3.63, 3.8) is 0 Å². The van der Waals surface area contributed by atoms with Crippen LogP contribution in [0.3, 0.4) is 0 Å². The summed E-state index contributed by atoms with van der Waals surface area (Å²) in [6.07, 6.45) is 5.83. The topological polar surface area (TPSA) is 50.2 Å². The van der Waals surface area contributed by atoms with Crippen LogP contribution in [-0.2, 0) is 11.8 Å². The maximum atomic E-state index is 12.0. The van der Waals surface area contributed by atoms with E-state index in [-0.39, 0.29) is 11.9 Å². The van der Waals surface area contributed by atoms with Crippen LogP contribution in [0.2, 0.25) is 0 Å². The van der Waals surface area contributed by atoms with Crippen molar-refractivity contribution in [2.75, 3.05) is 18.4 Å². The van der Waals surface area contributed by atoms with Gasteiger partial charge in [-0.05, 0) is 19.8 Å². The minimum atomic E-state index is -0.209. The van der Waals surface area contributed by atoms with Crippen LogP contribution in [0.15, 0.2) is 12.4 Å². The zero-order chi connectivity index (χ0) is 11.5. The molecular formula is C11H18N4O. The van der Waals surface area contributed by atoms with E-state index in [0.29, 0.717) is 0 Å². The van der Waals surface area contributed by atoms with Crippen LogP contribution < -0.4 is 5.32 Å². The van der Waals surface area contributed by atoms with Gasteiger partial charge < -0.3 is 14.8 Å². The molecule has 1 unspecified atom stereocenters. The molecule has 2 rings (SSSR count). The summed E-state index contributed by atoms with van der Waals surface area (Å²) < 4.78 is 1.87. The summed E-state index contributed by atoms with van der Waals surface area (Å²) in [4.78, 5) is 18.1. The number of aromatic nitrogens is 2. The lowest BCUT2D eigenvalue weighted by Gasteiger charge is -2.21. The first-order chi connectivity index (χ1) is 7.68. The number of hydrogen-bond donors (Lipinski definition) is 1. The minimum Gasteiger partial charge on any atom is -0.344 e. The lowest BCUT2D eigenvalue weighted by molar-refractivity contribution is -0.130. The summed E-state index contributed by atoms with van der Waals surface area (Å²) in [7, 11) is 1.91. The van der Waals surface area contributed by atoms with Gasteiger partial charge in [-0.25, -0.2) is 4.98 Å². The van der Waals surface area contributed by atoms with E-state index in [0.717, 1.165) is 31.9 Å². The van der Waals surface area contributed by atoms with Gasteiger partial charge in [0.25, 0.3) is 0 Å². The highest BCUT2D eigenvalue weighted by Crippen LogP contribution is 2.11. The smallest absolute Gasteiger partial charge is 0.244 e. The first-order valence-corrected chi connectivity index (χ1v) is 5.71. The third-order valence-corrected chi connectivity index (χ3v) is 2.95. The van der Waals surface area contributed by atoms with Crippen LogP contribution in [0.5, 0.6) is 0 Å². The van der Waals surface area contributed by atoms with Crippen molar-refractivity contribution in [2.45, 2.75) is 25.8 Å². The molecule has 1 aliphatic heterocycles. The molecule has 5 heteroatoms. The normalized spacial score (nSPS) is 17.5. The fourth-order valence-electron chi connectivity index (χ4n) is 1.97. The summed E-state index contributed by atoms with van der Waals surface area (Å²) in [5.74, 6) is 0.903. The maximum Gasteiger partial charge on any atom is 0.244 e. The van der Waals surface area contributed by atoms with Gasteiger partial charge in [0.15, 0.2) is 0 Å². The van der Waals surface area contributed by atoms with Gasteiger partial charge in [-0.2, -0.15) is 0 Å². The van der Waals surface area contributed by atoms with Crippen molar-refractivity contribution in [3.05, 3.63) is 12.4 Å². The van der Waals surface area contributed by atoms with E-state index in [9.17, 15) is 4.79 Å². The van der Waals surface area contributed by atoms with Gasteiger partial charge in [-0.3, -0.25) is 4.79 Å². The molecule has 1 aromatic rings. The van der Waals surface area contributed by atoms with Crippen LogP contribution in [0.25, 0.3) is 0 Å². The molecule has 0 spiro atoms. The molecule has 16 heavy (non-hydrogen) atoms. The largest absolute Gasteiger partial charge is 0.344 e. The fourth-order valence-corrected chi connectivity index (χ4v) is 1.97. The molecular weight excluding hydrogens is 204 g/mol. The molecule has 5 nitrogen and oxygen atoms in total. The van der Waals surface area contributed by atoms with Gasteiger partial charge in [-0.15, -0.1) is 0 Å². The standard InChI is InChI=1S/C11H18N4O/c1-9(10(16)15-6-3-4-7-15)13-11-12-5-8-14(11)2/h5,8-9H,3-4,6-7H2,1-2H3,(H,12,13). The molecule has 0 aliphatic carbocycles. The average molecular weight is 222 g/mol. The van der Waals surface area contributed by atoms with E-state index < -0.39 is 0 Å². The Labute approximate surface area is 95.5 Å². The highest BCUT2D eigenvalue weighted by atomic mass is 16.2. The van der Waals surface area contributed by atoms with E-state index >= 15 is 0 Å². The van der Waals surface area contributed by atoms with Gasteiger partial charge >= 0.3 is 0 Å². The number of hydrogen-bond acceptors (Lipinski definition) is 3. The fraction of sp³-hybridized carbons (Fsp3) is 0.636. The molecule has 1 aliphatic rings. The average Bonchev–Trinajstić information content (AvgIpc) is 2.89. The molecule has 88 valence electrons. The molecule has 1 aromatic heterocycles. The van der Waals surface area contributed by atoms with Crippen LogP contribution in [0, 0.1) is 0 Å². The van der Waals surface area contributed by atoms with E-state index in [1.54, 1.807) is 6.20 Å². The second-order valence-electron chi connectivity index (χ2n) is 4.26. The first-order valence-electron chi connectivity index (χ1n) is 5.71. The van der Waals surface area contributed by atoms with Crippen LogP contribution in [-0.4, -0.2) is 39.5 Å². The molecule has 1 N–H and O–H groups in total. The Morgan fingerprint density at radius 3 is 2.75 bits per heavy atom. The molecule has 0 bridgehead atoms. The van der Waals surface area contributed by atoms with Gasteiger partial charge in [0.1, 0.15) is 6.04 Å². The predicted octanol–water partition coefficient (Wildman–Crippen LogP) is 0.843. The van der Waals surface area contributed by atoms with Crippen LogP contribution >= 0.6 is 0 Å². The molecule has 0 saturated carbocycles. The van der Waals surface area contributed by atoms with Crippen molar-refractivity contribution in [2.24, 2.45) is 7.05 Å². The van der Waals surface area contributed by atoms with Crippen molar-refractivity contribution in [3.8, 4) is 0 Å². The Balaban J connectivity index is 1.94. The van der Waals surface area contributed by atoms with Crippen molar-refractivity contribution < 1.29 is 4.79 Å². The van der Waals surface area contributed by atoms with Crippen molar-refractivity contribution in [1.82, 2.24) is 14.5 Å². The number of rotatable bonds is 3. The molecule has 2 heterocycles. The van der Waals surface area contributed by atoms with Crippen molar-refractivity contribution >= 4 is 11.9 Å². The van der Waals surface area contributed by atoms with E-state index in [1.165, 1.54) is 0 Å². The molecule has 1 amide bonds. The quantitative estimate of drug-likeness (QED) is 0.824. The van der Waals surface area contributed by atoms with E-state index in [2.05, 4.69) is 10.3 Å². The lowest BCUT2D eigenvalue weighted by Crippen LogP contribution is -2.40. The zero-order valence-electron chi connectivity index (χ0n) is 9.81. The minimum absolute atomic E-state index is 0.167. The summed E-state index contributed by atoms with van der Waals surface area (Å²) in [6.45, 7) is 3.67. The number of aryl methyl sites for hydroxylation is 1. The van der Waals surface area contributed by atoms with Crippen LogP contribution in [0.1, 0.15) is 19.8 Å². The second kappa shape index (κ2) is 4.55. The van der Waals surface area contributed by atoms with Gasteiger partial charge in [-0.1, -0.05) is 0 Å². The molecule has 1 saturated heterocycles. The number of likely N-dealkylation sites (tertiary alicyclic amines) is 1. The first kappa shape index (κ1) is 11.0. The number of imidazole rings is 1. The van der Waals surface area contributed by atoms with E-state index in [1.807, 2.05) is 29.6 Å². The maximum absolute atomic E-state index is 12.0. The van der Waals surface area contributed by atoms with Gasteiger partial charge in [0, 0.05) is 32.5 Å². The zero-order valence-corrected chi connectivity index (χ0v) is 9.81. The number of nitrogens with one attached hydrogen (secondary N) is 1. The number of anilines is 1. The highest BCUT2D eigenvalue weighted by molar-refractivity contribution is 5.84. The van der Waals surface area contributed by atoms with Crippen LogP contribution in [0.4, 0.5) is 5.95 Å².